The lowest BCUT2D eigenvalue weighted by molar-refractivity contribution is 0.285. The lowest BCUT2D eigenvalue weighted by Crippen LogP contribution is -2.31. The molecule has 5 nitrogen and oxygen atoms in total. The molecule has 0 fully saturated rings. The summed E-state index contributed by atoms with van der Waals surface area (Å²) in [5, 5.41) is 7.77. The van der Waals surface area contributed by atoms with E-state index in [0.29, 0.717) is 24.0 Å². The van der Waals surface area contributed by atoms with Crippen LogP contribution in [0.4, 0.5) is 0 Å². The lowest BCUT2D eigenvalue weighted by atomic mass is 10.2. The third-order valence-electron chi connectivity index (χ3n) is 4.12. The molecule has 0 bridgehead atoms. The number of hydrogen-bond acceptors (Lipinski definition) is 4. The molecule has 0 heterocycles. The minimum Gasteiger partial charge on any atom is -0.493 e. The van der Waals surface area contributed by atoms with Gasteiger partial charge in [0.25, 0.3) is 0 Å². The Hall–Kier alpha value is -2.60. The Balaban J connectivity index is 1.79. The number of hydrazone groups is 1. The molecule has 0 radical (unpaired) electrons. The number of unbranched alkanes of at least 4 members (excludes halogenated alkanes) is 3. The molecule has 0 aromatic heterocycles. The van der Waals surface area contributed by atoms with Crippen LogP contribution in [0.2, 0.25) is 0 Å². The highest BCUT2D eigenvalue weighted by Crippen LogP contribution is 2.27. The van der Waals surface area contributed by atoms with Gasteiger partial charge in [-0.15, -0.1) is 0 Å². The molecule has 2 N–H and O–H groups in total. The minimum absolute atomic E-state index is 0.471. The zero-order valence-corrected chi connectivity index (χ0v) is 17.4. The van der Waals surface area contributed by atoms with Crippen molar-refractivity contribution in [3.8, 4) is 11.5 Å². The van der Waals surface area contributed by atoms with E-state index in [4.69, 9.17) is 21.7 Å². The fraction of sp³-hybridized carbons (Fsp3) is 0.364. The number of nitrogens with zero attached hydrogens (tertiary/aromatic N) is 1. The molecule has 0 atom stereocenters. The van der Waals surface area contributed by atoms with Crippen molar-refractivity contribution in [2.75, 3.05) is 13.7 Å². The van der Waals surface area contributed by atoms with Crippen LogP contribution >= 0.6 is 12.2 Å². The third kappa shape index (κ3) is 7.96. The quantitative estimate of drug-likeness (QED) is 0.249. The van der Waals surface area contributed by atoms with Crippen LogP contribution in [0.5, 0.6) is 11.5 Å². The zero-order chi connectivity index (χ0) is 20.0. The normalized spacial score (nSPS) is 10.6. The van der Waals surface area contributed by atoms with Gasteiger partial charge in [0, 0.05) is 6.54 Å². The summed E-state index contributed by atoms with van der Waals surface area (Å²) in [6, 6.07) is 15.8. The number of benzene rings is 2. The van der Waals surface area contributed by atoms with Gasteiger partial charge < -0.3 is 14.8 Å². The molecule has 2 rings (SSSR count). The van der Waals surface area contributed by atoms with E-state index >= 15 is 0 Å². The van der Waals surface area contributed by atoms with Gasteiger partial charge in [-0.1, -0.05) is 56.5 Å². The predicted molar refractivity (Wildman–Crippen MR) is 119 cm³/mol. The Kier molecular flexibility index (Phi) is 9.86. The van der Waals surface area contributed by atoms with E-state index in [1.165, 1.54) is 19.3 Å². The fourth-order valence-corrected chi connectivity index (χ4v) is 2.70. The molecule has 0 saturated heterocycles. The second-order valence-corrected chi connectivity index (χ2v) is 6.77. The Morgan fingerprint density at radius 3 is 2.64 bits per heavy atom. The van der Waals surface area contributed by atoms with Crippen molar-refractivity contribution in [3.05, 3.63) is 59.7 Å². The Morgan fingerprint density at radius 1 is 1.07 bits per heavy atom. The standard InChI is InChI=1S/C22H29N3O2S/c1-3-4-5-9-14-27-20-13-12-19(15-21(20)26-2)17-24-25-22(28)23-16-18-10-7-6-8-11-18/h6-8,10-13,15,17H,3-5,9,14,16H2,1-2H3,(H2,23,25,28)/b24-17+. The van der Waals surface area contributed by atoms with Gasteiger partial charge in [-0.2, -0.15) is 5.10 Å². The van der Waals surface area contributed by atoms with E-state index in [2.05, 4.69) is 22.8 Å². The lowest BCUT2D eigenvalue weighted by Gasteiger charge is -2.11. The third-order valence-corrected chi connectivity index (χ3v) is 4.35. The highest BCUT2D eigenvalue weighted by atomic mass is 32.1. The molecule has 0 saturated carbocycles. The summed E-state index contributed by atoms with van der Waals surface area (Å²) in [6.45, 7) is 3.55. The van der Waals surface area contributed by atoms with Crippen molar-refractivity contribution in [2.24, 2.45) is 5.10 Å². The van der Waals surface area contributed by atoms with Gasteiger partial charge in [0.2, 0.25) is 0 Å². The molecule has 0 amide bonds. The van der Waals surface area contributed by atoms with Gasteiger partial charge in [0.05, 0.1) is 19.9 Å². The second-order valence-electron chi connectivity index (χ2n) is 6.36. The molecule has 0 aliphatic rings. The maximum Gasteiger partial charge on any atom is 0.187 e. The molecule has 2 aromatic rings. The van der Waals surface area contributed by atoms with Crippen molar-refractivity contribution in [1.29, 1.82) is 0 Å². The topological polar surface area (TPSA) is 54.9 Å². The largest absolute Gasteiger partial charge is 0.493 e. The Bertz CT molecular complexity index is 751. The number of rotatable bonds is 11. The molecule has 6 heteroatoms. The van der Waals surface area contributed by atoms with Gasteiger partial charge in [-0.3, -0.25) is 5.43 Å². The summed E-state index contributed by atoms with van der Waals surface area (Å²) >= 11 is 5.24. The van der Waals surface area contributed by atoms with Crippen LogP contribution in [0.25, 0.3) is 0 Å². The van der Waals surface area contributed by atoms with Gasteiger partial charge >= 0.3 is 0 Å². The average Bonchev–Trinajstić information content (AvgIpc) is 2.73. The van der Waals surface area contributed by atoms with Crippen LogP contribution in [-0.2, 0) is 6.54 Å². The van der Waals surface area contributed by atoms with Crippen LogP contribution in [0.15, 0.2) is 53.6 Å². The molecule has 28 heavy (non-hydrogen) atoms. The van der Waals surface area contributed by atoms with Gasteiger partial charge in [0.15, 0.2) is 16.6 Å². The van der Waals surface area contributed by atoms with Crippen molar-refractivity contribution in [2.45, 2.75) is 39.2 Å². The highest BCUT2D eigenvalue weighted by molar-refractivity contribution is 7.80. The van der Waals surface area contributed by atoms with E-state index < -0.39 is 0 Å². The van der Waals surface area contributed by atoms with E-state index in [1.807, 2.05) is 48.5 Å². The van der Waals surface area contributed by atoms with E-state index in [-0.39, 0.29) is 0 Å². The maximum atomic E-state index is 5.83. The average molecular weight is 400 g/mol. The van der Waals surface area contributed by atoms with Crippen molar-refractivity contribution in [3.63, 3.8) is 0 Å². The monoisotopic (exact) mass is 399 g/mol. The molecule has 2 aromatic carbocycles. The van der Waals surface area contributed by atoms with E-state index in [9.17, 15) is 0 Å². The van der Waals surface area contributed by atoms with Gasteiger partial charge in [-0.25, -0.2) is 0 Å². The van der Waals surface area contributed by atoms with Crippen molar-refractivity contribution in [1.82, 2.24) is 10.7 Å². The number of ether oxygens (including phenoxy) is 2. The SMILES string of the molecule is CCCCCCOc1ccc(/C=N/NC(=S)NCc2ccccc2)cc1OC. The fourth-order valence-electron chi connectivity index (χ4n) is 2.58. The zero-order valence-electron chi connectivity index (χ0n) is 16.6. The summed E-state index contributed by atoms with van der Waals surface area (Å²) < 4.78 is 11.3. The minimum atomic E-state index is 0.471. The smallest absolute Gasteiger partial charge is 0.187 e. The predicted octanol–water partition coefficient (Wildman–Crippen LogP) is 4.65. The van der Waals surface area contributed by atoms with Crippen molar-refractivity contribution < 1.29 is 9.47 Å². The van der Waals surface area contributed by atoms with Gasteiger partial charge in [-0.05, 0) is 48.0 Å². The summed E-state index contributed by atoms with van der Waals surface area (Å²) in [5.74, 6) is 1.45. The molecule has 0 spiro atoms. The number of methoxy groups -OCH3 is 1. The molecule has 150 valence electrons. The summed E-state index contributed by atoms with van der Waals surface area (Å²) in [5.41, 5.74) is 4.88. The molecule has 0 unspecified atom stereocenters. The van der Waals surface area contributed by atoms with E-state index in [0.717, 1.165) is 23.3 Å². The van der Waals surface area contributed by atoms with E-state index in [1.54, 1.807) is 13.3 Å². The van der Waals surface area contributed by atoms with Crippen LogP contribution in [-0.4, -0.2) is 25.0 Å². The summed E-state index contributed by atoms with van der Waals surface area (Å²) in [7, 11) is 1.64. The first-order chi connectivity index (χ1) is 13.7. The molecule has 0 aliphatic carbocycles. The van der Waals surface area contributed by atoms with Crippen LogP contribution in [0.3, 0.4) is 0 Å². The first kappa shape index (κ1) is 21.7. The Labute approximate surface area is 173 Å². The summed E-state index contributed by atoms with van der Waals surface area (Å²) in [4.78, 5) is 0. The number of nitrogens with one attached hydrogen (secondary N) is 2. The Morgan fingerprint density at radius 2 is 1.89 bits per heavy atom. The van der Waals surface area contributed by atoms with Crippen molar-refractivity contribution >= 4 is 23.5 Å². The van der Waals surface area contributed by atoms with Gasteiger partial charge in [0.1, 0.15) is 0 Å². The number of thiocarbonyl (C=S) groups is 1. The maximum absolute atomic E-state index is 5.83. The molecular formula is C22H29N3O2S. The second kappa shape index (κ2) is 12.7. The first-order valence-corrected chi connectivity index (χ1v) is 10.1. The van der Waals surface area contributed by atoms with Crippen LogP contribution in [0, 0.1) is 0 Å². The van der Waals surface area contributed by atoms with Crippen LogP contribution in [0.1, 0.15) is 43.7 Å². The summed E-state index contributed by atoms with van der Waals surface area (Å²) in [6.07, 6.45) is 6.40. The highest BCUT2D eigenvalue weighted by Gasteiger charge is 2.05. The molecular weight excluding hydrogens is 370 g/mol. The molecule has 0 aliphatic heterocycles. The number of hydrogen-bond donors (Lipinski definition) is 2. The van der Waals surface area contributed by atoms with Crippen LogP contribution < -0.4 is 20.2 Å². The first-order valence-electron chi connectivity index (χ1n) is 9.64.